The number of hydrogen-bond acceptors (Lipinski definition) is 3. The fourth-order valence-electron chi connectivity index (χ4n) is 1.95. The minimum atomic E-state index is -0.207. The van der Waals surface area contributed by atoms with Crippen molar-refractivity contribution in [2.75, 3.05) is 0 Å². The maximum Gasteiger partial charge on any atom is 0.206 e. The molecule has 3 rings (SSSR count). The molecule has 0 amide bonds. The molecule has 2 aromatic carbocycles. The predicted molar refractivity (Wildman–Crippen MR) is 78.4 cm³/mol. The lowest BCUT2D eigenvalue weighted by Crippen LogP contribution is -1.98. The lowest BCUT2D eigenvalue weighted by Gasteiger charge is -1.99. The highest BCUT2D eigenvalue weighted by atomic mass is 35.5. The molecule has 19 heavy (non-hydrogen) atoms. The largest absolute Gasteiger partial charge is 0.506 e. The summed E-state index contributed by atoms with van der Waals surface area (Å²) in [7, 11) is 0. The first-order chi connectivity index (χ1) is 9.16. The second-order valence-electron chi connectivity index (χ2n) is 4.12. The van der Waals surface area contributed by atoms with Crippen LogP contribution in [0.4, 0.5) is 0 Å². The Labute approximate surface area is 118 Å². The molecule has 0 radical (unpaired) electrons. The van der Waals surface area contributed by atoms with Gasteiger partial charge in [-0.05, 0) is 24.3 Å². The molecule has 94 valence electrons. The fourth-order valence-corrected chi connectivity index (χ4v) is 3.20. The van der Waals surface area contributed by atoms with Crippen LogP contribution in [0, 0.1) is 0 Å². The maximum absolute atomic E-state index is 12.4. The number of halogens is 1. The van der Waals surface area contributed by atoms with Crippen LogP contribution in [0.25, 0.3) is 10.1 Å². The summed E-state index contributed by atoms with van der Waals surface area (Å²) in [5.74, 6) is -0.160. The molecule has 0 aliphatic carbocycles. The van der Waals surface area contributed by atoms with Crippen molar-refractivity contribution in [1.82, 2.24) is 0 Å². The van der Waals surface area contributed by atoms with Gasteiger partial charge in [-0.25, -0.2) is 0 Å². The van der Waals surface area contributed by atoms with Crippen LogP contribution in [0.2, 0.25) is 5.02 Å². The predicted octanol–water partition coefficient (Wildman–Crippen LogP) is 4.49. The van der Waals surface area contributed by atoms with E-state index in [4.69, 9.17) is 11.6 Å². The number of carbonyl (C=O) groups excluding carboxylic acids is 1. The van der Waals surface area contributed by atoms with Crippen molar-refractivity contribution in [2.45, 2.75) is 0 Å². The van der Waals surface area contributed by atoms with Crippen LogP contribution in [-0.4, -0.2) is 10.9 Å². The molecule has 3 aromatic rings. The van der Waals surface area contributed by atoms with E-state index in [0.717, 1.165) is 4.70 Å². The molecule has 0 fully saturated rings. The van der Waals surface area contributed by atoms with Crippen LogP contribution in [0.5, 0.6) is 5.75 Å². The molecular weight excluding hydrogens is 280 g/mol. The summed E-state index contributed by atoms with van der Waals surface area (Å²) in [6.45, 7) is 0. The highest BCUT2D eigenvalue weighted by Crippen LogP contribution is 2.37. The normalized spacial score (nSPS) is 10.8. The molecule has 4 heteroatoms. The van der Waals surface area contributed by atoms with E-state index in [0.29, 0.717) is 20.8 Å². The zero-order valence-electron chi connectivity index (χ0n) is 9.76. The van der Waals surface area contributed by atoms with Gasteiger partial charge in [-0.3, -0.25) is 4.79 Å². The van der Waals surface area contributed by atoms with Crippen molar-refractivity contribution in [3.05, 3.63) is 64.0 Å². The Morgan fingerprint density at radius 2 is 1.89 bits per heavy atom. The monoisotopic (exact) mass is 288 g/mol. The summed E-state index contributed by atoms with van der Waals surface area (Å²) in [5.41, 5.74) is 0.481. The van der Waals surface area contributed by atoms with Gasteiger partial charge in [0.2, 0.25) is 5.78 Å². The van der Waals surface area contributed by atoms with Crippen molar-refractivity contribution in [1.29, 1.82) is 0 Å². The van der Waals surface area contributed by atoms with Crippen molar-refractivity contribution in [3.63, 3.8) is 0 Å². The smallest absolute Gasteiger partial charge is 0.206 e. The van der Waals surface area contributed by atoms with Crippen molar-refractivity contribution in [2.24, 2.45) is 0 Å². The van der Waals surface area contributed by atoms with Crippen LogP contribution < -0.4 is 0 Å². The molecule has 0 aliphatic heterocycles. The summed E-state index contributed by atoms with van der Waals surface area (Å²) >= 11 is 7.17. The molecule has 1 aromatic heterocycles. The Balaban J connectivity index is 2.14. The molecule has 0 atom stereocenters. The quantitative estimate of drug-likeness (QED) is 0.705. The maximum atomic E-state index is 12.4. The van der Waals surface area contributed by atoms with Gasteiger partial charge in [0, 0.05) is 20.7 Å². The van der Waals surface area contributed by atoms with Gasteiger partial charge in [-0.2, -0.15) is 0 Å². The third-order valence-electron chi connectivity index (χ3n) is 2.86. The van der Waals surface area contributed by atoms with Gasteiger partial charge in [0.05, 0.1) is 0 Å². The number of thiophene rings is 1. The first kappa shape index (κ1) is 12.2. The number of rotatable bonds is 2. The second-order valence-corrected chi connectivity index (χ2v) is 5.60. The van der Waals surface area contributed by atoms with E-state index in [2.05, 4.69) is 0 Å². The first-order valence-corrected chi connectivity index (χ1v) is 6.87. The van der Waals surface area contributed by atoms with Crippen molar-refractivity contribution in [3.8, 4) is 5.75 Å². The molecule has 0 spiro atoms. The molecule has 0 unspecified atom stereocenters. The van der Waals surface area contributed by atoms with Gasteiger partial charge in [0.25, 0.3) is 0 Å². The summed E-state index contributed by atoms with van der Waals surface area (Å²) in [6, 6.07) is 14.1. The van der Waals surface area contributed by atoms with Crippen LogP contribution in [-0.2, 0) is 0 Å². The third-order valence-corrected chi connectivity index (χ3v) is 4.26. The second kappa shape index (κ2) is 4.68. The van der Waals surface area contributed by atoms with E-state index in [1.807, 2.05) is 18.2 Å². The molecule has 1 N–H and O–H groups in total. The van der Waals surface area contributed by atoms with Crippen LogP contribution >= 0.6 is 22.9 Å². The summed E-state index contributed by atoms with van der Waals surface area (Å²) < 4.78 is 0.894. The minimum Gasteiger partial charge on any atom is -0.506 e. The average molecular weight is 289 g/mol. The fraction of sp³-hybridized carbons (Fsp3) is 0. The number of carbonyl (C=O) groups is 1. The van der Waals surface area contributed by atoms with Gasteiger partial charge in [0.15, 0.2) is 0 Å². The SMILES string of the molecule is O=C(c1cccc(Cl)c1)c1sc2ccccc2c1O. The van der Waals surface area contributed by atoms with E-state index in [1.54, 1.807) is 30.3 Å². The molecule has 0 saturated carbocycles. The van der Waals surface area contributed by atoms with Crippen LogP contribution in [0.1, 0.15) is 15.2 Å². The lowest BCUT2D eigenvalue weighted by atomic mass is 10.1. The first-order valence-electron chi connectivity index (χ1n) is 5.67. The summed E-state index contributed by atoms with van der Waals surface area (Å²) in [5, 5.41) is 11.4. The Morgan fingerprint density at radius 1 is 1.11 bits per heavy atom. The van der Waals surface area contributed by atoms with Crippen LogP contribution in [0.15, 0.2) is 48.5 Å². The summed E-state index contributed by atoms with van der Waals surface area (Å²) in [4.78, 5) is 12.7. The molecule has 0 saturated heterocycles. The molecule has 1 heterocycles. The van der Waals surface area contributed by atoms with Gasteiger partial charge >= 0.3 is 0 Å². The molecule has 0 aliphatic rings. The number of benzene rings is 2. The Kier molecular flexibility index (Phi) is 3.01. The Morgan fingerprint density at radius 3 is 2.63 bits per heavy atom. The number of ketones is 1. The van der Waals surface area contributed by atoms with Gasteiger partial charge in [-0.1, -0.05) is 35.9 Å². The van der Waals surface area contributed by atoms with Crippen molar-refractivity contribution >= 4 is 38.8 Å². The molecule has 2 nitrogen and oxygen atoms in total. The number of fused-ring (bicyclic) bond motifs is 1. The number of hydrogen-bond donors (Lipinski definition) is 1. The highest BCUT2D eigenvalue weighted by molar-refractivity contribution is 7.21. The zero-order chi connectivity index (χ0) is 13.4. The Hall–Kier alpha value is -1.84. The highest BCUT2D eigenvalue weighted by Gasteiger charge is 2.19. The molecular formula is C15H9ClO2S. The third kappa shape index (κ3) is 2.11. The standard InChI is InChI=1S/C15H9ClO2S/c16-10-5-3-4-9(8-10)13(17)15-14(18)11-6-1-2-7-12(11)19-15/h1-8,18H. The topological polar surface area (TPSA) is 37.3 Å². The van der Waals surface area contributed by atoms with E-state index in [9.17, 15) is 9.90 Å². The molecule has 0 bridgehead atoms. The number of aromatic hydroxyl groups is 1. The van der Waals surface area contributed by atoms with Gasteiger partial charge < -0.3 is 5.11 Å². The Bertz CT molecular complexity index is 777. The minimum absolute atomic E-state index is 0.0468. The van der Waals surface area contributed by atoms with E-state index < -0.39 is 0 Å². The van der Waals surface area contributed by atoms with Gasteiger partial charge in [-0.15, -0.1) is 11.3 Å². The van der Waals surface area contributed by atoms with E-state index in [-0.39, 0.29) is 11.5 Å². The van der Waals surface area contributed by atoms with E-state index >= 15 is 0 Å². The summed E-state index contributed by atoms with van der Waals surface area (Å²) in [6.07, 6.45) is 0. The lowest BCUT2D eigenvalue weighted by molar-refractivity contribution is 0.104. The van der Waals surface area contributed by atoms with Crippen LogP contribution in [0.3, 0.4) is 0 Å². The zero-order valence-corrected chi connectivity index (χ0v) is 11.3. The van der Waals surface area contributed by atoms with Gasteiger partial charge in [0.1, 0.15) is 10.6 Å². The average Bonchev–Trinajstić information content (AvgIpc) is 2.76. The van der Waals surface area contributed by atoms with E-state index in [1.165, 1.54) is 11.3 Å². The van der Waals surface area contributed by atoms with Crippen molar-refractivity contribution < 1.29 is 9.90 Å².